The lowest BCUT2D eigenvalue weighted by Crippen LogP contribution is -2.27. The summed E-state index contributed by atoms with van der Waals surface area (Å²) < 4.78 is 2.31. The van der Waals surface area contributed by atoms with Crippen molar-refractivity contribution in [2.75, 3.05) is 0 Å². The lowest BCUT2D eigenvalue weighted by Gasteiger charge is -2.27. The van der Waals surface area contributed by atoms with Gasteiger partial charge in [-0.1, -0.05) is 35.5 Å². The summed E-state index contributed by atoms with van der Waals surface area (Å²) in [6.45, 7) is 4.12. The molecule has 0 unspecified atom stereocenters. The number of rotatable bonds is 2. The molecule has 2 saturated carbocycles. The molecule has 0 amide bonds. The Hall–Kier alpha value is -2.10. The van der Waals surface area contributed by atoms with Crippen LogP contribution in [0.25, 0.3) is 11.3 Å². The molecule has 4 rings (SSSR count). The topological polar surface area (TPSA) is 50.4 Å². The van der Waals surface area contributed by atoms with Crippen LogP contribution in [0.4, 0.5) is 0 Å². The summed E-state index contributed by atoms with van der Waals surface area (Å²) in [4.78, 5) is 4.71. The Balaban J connectivity index is 1.89. The Labute approximate surface area is 130 Å². The maximum atomic E-state index is 9.53. The summed E-state index contributed by atoms with van der Waals surface area (Å²) in [5, 5.41) is 13.2. The number of oxime groups is 1. The van der Waals surface area contributed by atoms with Gasteiger partial charge in [0, 0.05) is 11.5 Å². The molecule has 1 aromatic carbocycles. The van der Waals surface area contributed by atoms with Crippen molar-refractivity contribution in [2.24, 2.45) is 17.0 Å². The number of aromatic nitrogens is 2. The number of aryl methyl sites for hydroxylation is 2. The molecule has 2 bridgehead atoms. The Kier molecular flexibility index (Phi) is 3.06. The first kappa shape index (κ1) is 13.6. The van der Waals surface area contributed by atoms with Gasteiger partial charge >= 0.3 is 0 Å². The number of benzene rings is 1. The van der Waals surface area contributed by atoms with Gasteiger partial charge in [0.15, 0.2) is 0 Å². The zero-order valence-corrected chi connectivity index (χ0v) is 13.0. The van der Waals surface area contributed by atoms with E-state index in [0.717, 1.165) is 35.8 Å². The predicted molar refractivity (Wildman–Crippen MR) is 86.2 cm³/mol. The van der Waals surface area contributed by atoms with Crippen LogP contribution in [0, 0.1) is 25.7 Å². The molecule has 4 heteroatoms. The fourth-order valence-corrected chi connectivity index (χ4v) is 4.51. The van der Waals surface area contributed by atoms with Gasteiger partial charge in [-0.2, -0.15) is 0 Å². The average Bonchev–Trinajstić information content (AvgIpc) is 3.20. The third-order valence-electron chi connectivity index (χ3n) is 5.34. The average molecular weight is 295 g/mol. The summed E-state index contributed by atoms with van der Waals surface area (Å²) in [5.74, 6) is 2.03. The first-order chi connectivity index (χ1) is 10.7. The van der Waals surface area contributed by atoms with Crippen LogP contribution < -0.4 is 0 Å². The van der Waals surface area contributed by atoms with E-state index in [-0.39, 0.29) is 6.04 Å². The molecular weight excluding hydrogens is 274 g/mol. The summed E-state index contributed by atoms with van der Waals surface area (Å²) in [6, 6.07) is 10.6. The second kappa shape index (κ2) is 4.97. The van der Waals surface area contributed by atoms with E-state index in [1.165, 1.54) is 12.0 Å². The van der Waals surface area contributed by atoms with E-state index < -0.39 is 0 Å². The van der Waals surface area contributed by atoms with Gasteiger partial charge in [0.05, 0.1) is 23.1 Å². The Morgan fingerprint density at radius 3 is 2.68 bits per heavy atom. The summed E-state index contributed by atoms with van der Waals surface area (Å²) in [6.07, 6.45) is 3.53. The maximum absolute atomic E-state index is 9.53. The van der Waals surface area contributed by atoms with Crippen molar-refractivity contribution in [3.8, 4) is 11.3 Å². The smallest absolute Gasteiger partial charge is 0.106 e. The molecule has 114 valence electrons. The number of fused-ring (bicyclic) bond motifs is 2. The second-order valence-corrected chi connectivity index (χ2v) is 6.57. The number of hydrogen-bond acceptors (Lipinski definition) is 3. The molecule has 1 aromatic heterocycles. The molecule has 0 spiro atoms. The lowest BCUT2D eigenvalue weighted by molar-refractivity contribution is 0.307. The molecule has 2 aliphatic carbocycles. The van der Waals surface area contributed by atoms with Crippen LogP contribution >= 0.6 is 0 Å². The molecule has 2 aromatic rings. The standard InChI is InChI=1S/C18H21N3O/c1-11-17(13-6-4-3-5-7-13)21(12(2)19-11)18-15-9-8-14(10-15)16(18)20-22/h3-7,14-15,18,22H,8-10H2,1-2H3/b20-16-/t14-,15+,18-/m0/s1. The number of imidazole rings is 1. The maximum Gasteiger partial charge on any atom is 0.106 e. The van der Waals surface area contributed by atoms with E-state index in [9.17, 15) is 5.21 Å². The quantitative estimate of drug-likeness (QED) is 0.673. The third-order valence-corrected chi connectivity index (χ3v) is 5.34. The highest BCUT2D eigenvalue weighted by Gasteiger charge is 2.47. The molecule has 22 heavy (non-hydrogen) atoms. The fraction of sp³-hybridized carbons (Fsp3) is 0.444. The molecule has 1 heterocycles. The van der Waals surface area contributed by atoms with Gasteiger partial charge in [0.25, 0.3) is 0 Å². The predicted octanol–water partition coefficient (Wildman–Crippen LogP) is 3.97. The highest BCUT2D eigenvalue weighted by atomic mass is 16.4. The van der Waals surface area contributed by atoms with Gasteiger partial charge in [-0.3, -0.25) is 0 Å². The SMILES string of the molecule is Cc1nc(C)n([C@@H]2/C(=N\O)[C@H]3CC[C@@H]2C3)c1-c1ccccc1. The molecule has 0 radical (unpaired) electrons. The first-order valence-corrected chi connectivity index (χ1v) is 8.03. The van der Waals surface area contributed by atoms with E-state index in [1.807, 2.05) is 6.07 Å². The molecular formula is C18H21N3O. The first-order valence-electron chi connectivity index (χ1n) is 8.03. The molecule has 4 nitrogen and oxygen atoms in total. The largest absolute Gasteiger partial charge is 0.411 e. The highest BCUT2D eigenvalue weighted by Crippen LogP contribution is 2.50. The van der Waals surface area contributed by atoms with Gasteiger partial charge in [-0.15, -0.1) is 0 Å². The van der Waals surface area contributed by atoms with E-state index >= 15 is 0 Å². The van der Waals surface area contributed by atoms with Crippen LogP contribution in [0.15, 0.2) is 35.5 Å². The van der Waals surface area contributed by atoms with Crippen LogP contribution in [0.2, 0.25) is 0 Å². The summed E-state index contributed by atoms with van der Waals surface area (Å²) >= 11 is 0. The monoisotopic (exact) mass is 295 g/mol. The Bertz CT molecular complexity index is 732. The van der Waals surface area contributed by atoms with Crippen molar-refractivity contribution in [1.82, 2.24) is 9.55 Å². The Morgan fingerprint density at radius 2 is 1.95 bits per heavy atom. The van der Waals surface area contributed by atoms with Gasteiger partial charge in [-0.05, 0) is 39.0 Å². The Morgan fingerprint density at radius 1 is 1.18 bits per heavy atom. The fourth-order valence-electron chi connectivity index (χ4n) is 4.51. The summed E-state index contributed by atoms with van der Waals surface area (Å²) in [7, 11) is 0. The minimum atomic E-state index is 0.167. The van der Waals surface area contributed by atoms with Crippen molar-refractivity contribution in [2.45, 2.75) is 39.2 Å². The number of nitrogens with zero attached hydrogens (tertiary/aromatic N) is 3. The summed E-state index contributed by atoms with van der Waals surface area (Å²) in [5.41, 5.74) is 4.34. The molecule has 2 aliphatic rings. The van der Waals surface area contributed by atoms with Gasteiger partial charge in [0.2, 0.25) is 0 Å². The lowest BCUT2D eigenvalue weighted by atomic mass is 9.92. The minimum absolute atomic E-state index is 0.167. The van der Waals surface area contributed by atoms with E-state index in [0.29, 0.717) is 11.8 Å². The van der Waals surface area contributed by atoms with Gasteiger partial charge in [0.1, 0.15) is 5.82 Å². The van der Waals surface area contributed by atoms with Crippen LogP contribution in [0.5, 0.6) is 0 Å². The van der Waals surface area contributed by atoms with Crippen molar-refractivity contribution in [3.05, 3.63) is 41.9 Å². The molecule has 1 N–H and O–H groups in total. The van der Waals surface area contributed by atoms with Crippen LogP contribution in [0.1, 0.15) is 36.8 Å². The molecule has 0 saturated heterocycles. The van der Waals surface area contributed by atoms with Crippen molar-refractivity contribution in [3.63, 3.8) is 0 Å². The molecule has 3 atom stereocenters. The normalized spacial score (nSPS) is 28.6. The zero-order chi connectivity index (χ0) is 15.3. The van der Waals surface area contributed by atoms with E-state index in [2.05, 4.69) is 47.8 Å². The third kappa shape index (κ3) is 1.83. The molecule has 2 fully saturated rings. The minimum Gasteiger partial charge on any atom is -0.411 e. The second-order valence-electron chi connectivity index (χ2n) is 6.57. The van der Waals surface area contributed by atoms with Crippen molar-refractivity contribution < 1.29 is 5.21 Å². The van der Waals surface area contributed by atoms with Crippen molar-refractivity contribution >= 4 is 5.71 Å². The molecule has 0 aliphatic heterocycles. The zero-order valence-electron chi connectivity index (χ0n) is 13.0. The van der Waals surface area contributed by atoms with E-state index in [4.69, 9.17) is 4.98 Å². The number of hydrogen-bond donors (Lipinski definition) is 1. The van der Waals surface area contributed by atoms with Crippen LogP contribution in [-0.4, -0.2) is 20.5 Å². The van der Waals surface area contributed by atoms with Crippen molar-refractivity contribution in [1.29, 1.82) is 0 Å². The van der Waals surface area contributed by atoms with Gasteiger partial charge in [-0.25, -0.2) is 4.98 Å². The van der Waals surface area contributed by atoms with Gasteiger partial charge < -0.3 is 9.77 Å². The highest BCUT2D eigenvalue weighted by molar-refractivity contribution is 5.93. The van der Waals surface area contributed by atoms with Crippen LogP contribution in [0.3, 0.4) is 0 Å². The van der Waals surface area contributed by atoms with E-state index in [1.54, 1.807) is 0 Å². The van der Waals surface area contributed by atoms with Crippen LogP contribution in [-0.2, 0) is 0 Å².